The lowest BCUT2D eigenvalue weighted by Crippen LogP contribution is -1.91. The maximum Gasteiger partial charge on any atom is 0.127 e. The Labute approximate surface area is 133 Å². The monoisotopic (exact) mass is 314 g/mol. The van der Waals surface area contributed by atoms with Crippen molar-refractivity contribution in [3.05, 3.63) is 53.6 Å². The normalized spacial score (nSPS) is 10.7. The molecule has 0 saturated heterocycles. The second kappa shape index (κ2) is 5.78. The second-order valence-corrected chi connectivity index (χ2v) is 5.30. The Morgan fingerprint density at radius 2 is 1.59 bits per heavy atom. The molecular formula is C18H15ClO3. The van der Waals surface area contributed by atoms with Crippen LogP contribution in [-0.4, -0.2) is 19.3 Å². The zero-order valence-electron chi connectivity index (χ0n) is 12.3. The van der Waals surface area contributed by atoms with E-state index in [4.69, 9.17) is 21.1 Å². The Kier molecular flexibility index (Phi) is 3.82. The van der Waals surface area contributed by atoms with E-state index in [1.807, 2.05) is 30.3 Å². The number of methoxy groups -OCH3 is 2. The van der Waals surface area contributed by atoms with Crippen LogP contribution in [0.5, 0.6) is 17.2 Å². The first kappa shape index (κ1) is 14.5. The molecule has 22 heavy (non-hydrogen) atoms. The summed E-state index contributed by atoms with van der Waals surface area (Å²) in [7, 11) is 3.26. The van der Waals surface area contributed by atoms with Gasteiger partial charge in [-0.3, -0.25) is 0 Å². The molecule has 0 bridgehead atoms. The van der Waals surface area contributed by atoms with Crippen LogP contribution >= 0.6 is 11.6 Å². The van der Waals surface area contributed by atoms with Crippen molar-refractivity contribution in [3.63, 3.8) is 0 Å². The van der Waals surface area contributed by atoms with E-state index in [0.29, 0.717) is 10.6 Å². The first-order valence-electron chi connectivity index (χ1n) is 6.78. The molecule has 112 valence electrons. The number of aromatic hydroxyl groups is 1. The molecule has 0 spiro atoms. The van der Waals surface area contributed by atoms with E-state index in [1.165, 1.54) is 6.07 Å². The highest BCUT2D eigenvalue weighted by Crippen LogP contribution is 2.42. The van der Waals surface area contributed by atoms with Crippen LogP contribution in [0.15, 0.2) is 48.5 Å². The Balaban J connectivity index is 2.39. The molecule has 0 aromatic heterocycles. The average Bonchev–Trinajstić information content (AvgIpc) is 2.53. The Hall–Kier alpha value is -2.39. The van der Waals surface area contributed by atoms with Gasteiger partial charge < -0.3 is 14.6 Å². The van der Waals surface area contributed by atoms with E-state index in [2.05, 4.69) is 0 Å². The average molecular weight is 315 g/mol. The molecule has 3 aromatic carbocycles. The quantitative estimate of drug-likeness (QED) is 0.748. The van der Waals surface area contributed by atoms with Crippen LogP contribution in [0.4, 0.5) is 0 Å². The number of rotatable bonds is 3. The number of phenolic OH excluding ortho intramolecular Hbond substituents is 1. The Morgan fingerprint density at radius 3 is 2.27 bits per heavy atom. The van der Waals surface area contributed by atoms with E-state index in [0.717, 1.165) is 27.8 Å². The van der Waals surface area contributed by atoms with Gasteiger partial charge in [0.15, 0.2) is 0 Å². The zero-order chi connectivity index (χ0) is 15.7. The van der Waals surface area contributed by atoms with Crippen molar-refractivity contribution in [1.82, 2.24) is 0 Å². The number of benzene rings is 3. The first-order valence-corrected chi connectivity index (χ1v) is 7.16. The van der Waals surface area contributed by atoms with Gasteiger partial charge in [-0.1, -0.05) is 23.7 Å². The van der Waals surface area contributed by atoms with Crippen LogP contribution in [0, 0.1) is 0 Å². The topological polar surface area (TPSA) is 38.7 Å². The van der Waals surface area contributed by atoms with Crippen LogP contribution in [0.25, 0.3) is 21.9 Å². The van der Waals surface area contributed by atoms with Gasteiger partial charge in [0.25, 0.3) is 0 Å². The summed E-state index contributed by atoms with van der Waals surface area (Å²) in [4.78, 5) is 0. The summed E-state index contributed by atoms with van der Waals surface area (Å²) in [6.45, 7) is 0. The molecular weight excluding hydrogens is 300 g/mol. The van der Waals surface area contributed by atoms with Crippen LogP contribution < -0.4 is 9.47 Å². The predicted octanol–water partition coefficient (Wildman–Crippen LogP) is 4.88. The van der Waals surface area contributed by atoms with Crippen LogP contribution in [0.1, 0.15) is 0 Å². The molecule has 4 heteroatoms. The fourth-order valence-electron chi connectivity index (χ4n) is 2.65. The van der Waals surface area contributed by atoms with Crippen LogP contribution in [-0.2, 0) is 0 Å². The number of fused-ring (bicyclic) bond motifs is 1. The van der Waals surface area contributed by atoms with Crippen LogP contribution in [0.2, 0.25) is 5.02 Å². The smallest absolute Gasteiger partial charge is 0.127 e. The highest BCUT2D eigenvalue weighted by Gasteiger charge is 2.15. The van der Waals surface area contributed by atoms with Crippen molar-refractivity contribution >= 4 is 22.4 Å². The van der Waals surface area contributed by atoms with Gasteiger partial charge in [-0.25, -0.2) is 0 Å². The van der Waals surface area contributed by atoms with Gasteiger partial charge in [0.2, 0.25) is 0 Å². The summed E-state index contributed by atoms with van der Waals surface area (Å²) < 4.78 is 10.9. The van der Waals surface area contributed by atoms with Crippen LogP contribution in [0.3, 0.4) is 0 Å². The summed E-state index contributed by atoms with van der Waals surface area (Å²) in [6.07, 6.45) is 0. The van der Waals surface area contributed by atoms with Crippen molar-refractivity contribution in [2.75, 3.05) is 14.2 Å². The maximum absolute atomic E-state index is 10.2. The molecule has 0 radical (unpaired) electrons. The number of phenols is 1. The van der Waals surface area contributed by atoms with E-state index < -0.39 is 0 Å². The van der Waals surface area contributed by atoms with E-state index in [1.54, 1.807) is 26.4 Å². The molecule has 0 heterocycles. The fraction of sp³-hybridized carbons (Fsp3) is 0.111. The van der Waals surface area contributed by atoms with Crippen molar-refractivity contribution in [2.24, 2.45) is 0 Å². The number of halogens is 1. The van der Waals surface area contributed by atoms with Crippen molar-refractivity contribution in [1.29, 1.82) is 0 Å². The predicted molar refractivity (Wildman–Crippen MR) is 89.2 cm³/mol. The molecule has 0 fully saturated rings. The molecule has 0 saturated carbocycles. The molecule has 3 rings (SSSR count). The highest BCUT2D eigenvalue weighted by molar-refractivity contribution is 6.30. The van der Waals surface area contributed by atoms with Crippen molar-refractivity contribution in [2.45, 2.75) is 0 Å². The van der Waals surface area contributed by atoms with Crippen molar-refractivity contribution in [3.8, 4) is 28.4 Å². The Bertz CT molecular complexity index is 843. The van der Waals surface area contributed by atoms with Gasteiger partial charge in [0, 0.05) is 21.4 Å². The zero-order valence-corrected chi connectivity index (χ0v) is 13.0. The summed E-state index contributed by atoms with van der Waals surface area (Å²) in [5, 5.41) is 12.5. The SMILES string of the molecule is COc1ccc(-c2ccc(Cl)cc2O)c2c(OC)cccc12. The minimum atomic E-state index is 0.130. The molecule has 0 aliphatic rings. The minimum Gasteiger partial charge on any atom is -0.507 e. The summed E-state index contributed by atoms with van der Waals surface area (Å²) in [5.41, 5.74) is 1.56. The largest absolute Gasteiger partial charge is 0.507 e. The second-order valence-electron chi connectivity index (χ2n) is 4.86. The van der Waals surface area contributed by atoms with Gasteiger partial charge >= 0.3 is 0 Å². The van der Waals surface area contributed by atoms with E-state index in [9.17, 15) is 5.11 Å². The number of hydrogen-bond donors (Lipinski definition) is 1. The minimum absolute atomic E-state index is 0.130. The lowest BCUT2D eigenvalue weighted by Gasteiger charge is -2.14. The van der Waals surface area contributed by atoms with Gasteiger partial charge in [0.1, 0.15) is 17.2 Å². The van der Waals surface area contributed by atoms with E-state index in [-0.39, 0.29) is 5.75 Å². The third-order valence-electron chi connectivity index (χ3n) is 3.65. The first-order chi connectivity index (χ1) is 10.7. The molecule has 0 aliphatic carbocycles. The molecule has 0 aliphatic heterocycles. The van der Waals surface area contributed by atoms with Gasteiger partial charge in [0.05, 0.1) is 14.2 Å². The molecule has 3 aromatic rings. The number of ether oxygens (including phenoxy) is 2. The van der Waals surface area contributed by atoms with Gasteiger partial charge in [-0.2, -0.15) is 0 Å². The molecule has 3 nitrogen and oxygen atoms in total. The molecule has 0 unspecified atom stereocenters. The van der Waals surface area contributed by atoms with Crippen molar-refractivity contribution < 1.29 is 14.6 Å². The van der Waals surface area contributed by atoms with Gasteiger partial charge in [-0.15, -0.1) is 0 Å². The van der Waals surface area contributed by atoms with Gasteiger partial charge in [-0.05, 0) is 42.0 Å². The molecule has 1 N–H and O–H groups in total. The lowest BCUT2D eigenvalue weighted by atomic mass is 9.96. The lowest BCUT2D eigenvalue weighted by molar-refractivity contribution is 0.415. The summed E-state index contributed by atoms with van der Waals surface area (Å²) in [5.74, 6) is 1.61. The summed E-state index contributed by atoms with van der Waals surface area (Å²) >= 11 is 5.92. The standard InChI is InChI=1S/C18H15ClO3/c1-21-16-9-8-13(12-7-6-11(19)10-15(12)20)18-14(16)4-3-5-17(18)22-2/h3-10,20H,1-2H3. The third-order valence-corrected chi connectivity index (χ3v) is 3.89. The summed E-state index contributed by atoms with van der Waals surface area (Å²) in [6, 6.07) is 14.6. The Morgan fingerprint density at radius 1 is 0.864 bits per heavy atom. The van der Waals surface area contributed by atoms with E-state index >= 15 is 0 Å². The maximum atomic E-state index is 10.2. The number of hydrogen-bond acceptors (Lipinski definition) is 3. The molecule has 0 amide bonds. The molecule has 0 atom stereocenters. The highest BCUT2D eigenvalue weighted by atomic mass is 35.5. The fourth-order valence-corrected chi connectivity index (χ4v) is 2.82. The third kappa shape index (κ3) is 2.34.